The summed E-state index contributed by atoms with van der Waals surface area (Å²) >= 11 is -0.216. The Balaban J connectivity index is 1.45. The molecule has 11 heteroatoms. The molecule has 8 nitrogen and oxygen atoms in total. The maximum atomic E-state index is 15.3. The van der Waals surface area contributed by atoms with Crippen LogP contribution in [0.15, 0.2) is 77.9 Å². The van der Waals surface area contributed by atoms with Crippen molar-refractivity contribution in [1.29, 1.82) is 0 Å². The van der Waals surface area contributed by atoms with Gasteiger partial charge in [0.25, 0.3) is 0 Å². The molecule has 1 fully saturated rings. The van der Waals surface area contributed by atoms with E-state index in [0.29, 0.717) is 23.2 Å². The van der Waals surface area contributed by atoms with Crippen molar-refractivity contribution in [2.75, 3.05) is 24.8 Å². The zero-order valence-corrected chi connectivity index (χ0v) is 23.4. The van der Waals surface area contributed by atoms with Crippen LogP contribution in [0.25, 0.3) is 0 Å². The Kier molecular flexibility index (Phi) is 6.57. The molecule has 0 spiro atoms. The number of ether oxygens (including phenoxy) is 2. The fourth-order valence-electron chi connectivity index (χ4n) is 5.69. The van der Waals surface area contributed by atoms with Crippen LogP contribution in [-0.4, -0.2) is 61.3 Å². The van der Waals surface area contributed by atoms with Crippen molar-refractivity contribution in [2.24, 2.45) is 0 Å². The van der Waals surface area contributed by atoms with Crippen LogP contribution in [0.3, 0.4) is 0 Å². The van der Waals surface area contributed by atoms with Crippen LogP contribution < -0.4 is 19.6 Å². The third kappa shape index (κ3) is 4.32. The van der Waals surface area contributed by atoms with Gasteiger partial charge in [-0.3, -0.25) is 0 Å². The molecule has 0 aliphatic carbocycles. The average Bonchev–Trinajstić information content (AvgIpc) is 3.17. The van der Waals surface area contributed by atoms with E-state index in [9.17, 15) is 14.0 Å². The molecular weight excluding hydrogens is 597 g/mol. The van der Waals surface area contributed by atoms with Crippen LogP contribution >= 0.6 is 0 Å². The summed E-state index contributed by atoms with van der Waals surface area (Å²) in [6.07, 6.45) is 2.62. The Morgan fingerprint density at radius 3 is 2.76 bits per heavy atom. The van der Waals surface area contributed by atoms with Crippen LogP contribution in [0.2, 0.25) is 0 Å². The number of hydrogen-bond donors (Lipinski definition) is 0. The van der Waals surface area contributed by atoms with E-state index in [1.807, 2.05) is 47.5 Å². The third-order valence-electron chi connectivity index (χ3n) is 7.60. The Morgan fingerprint density at radius 2 is 1.90 bits per heavy atom. The molecular formula is C30H24F2N4O4Se. The molecule has 0 bridgehead atoms. The number of fused-ring (bicyclic) bond motifs is 4. The van der Waals surface area contributed by atoms with Gasteiger partial charge in [-0.05, 0) is 0 Å². The molecule has 0 unspecified atom stereocenters. The van der Waals surface area contributed by atoms with Gasteiger partial charge in [-0.1, -0.05) is 6.07 Å². The fourth-order valence-corrected chi connectivity index (χ4v) is 7.96. The molecule has 5 heterocycles. The topological polar surface area (TPSA) is 76.9 Å². The molecule has 1 saturated heterocycles. The number of amides is 1. The summed E-state index contributed by atoms with van der Waals surface area (Å²) in [5, 5.41) is 2.25. The monoisotopic (exact) mass is 622 g/mol. The second-order valence-electron chi connectivity index (χ2n) is 9.92. The molecule has 3 aliphatic rings. The maximum absolute atomic E-state index is 15.3. The molecule has 0 N–H and O–H groups in total. The van der Waals surface area contributed by atoms with Gasteiger partial charge in [0.2, 0.25) is 0 Å². The van der Waals surface area contributed by atoms with E-state index < -0.39 is 29.3 Å². The van der Waals surface area contributed by atoms with Crippen LogP contribution in [0.4, 0.5) is 8.78 Å². The number of nitrogens with zero attached hydrogens (tertiary/aromatic N) is 4. The molecule has 2 atom stereocenters. The predicted molar refractivity (Wildman–Crippen MR) is 147 cm³/mol. The number of carbonyl (C=O) groups is 1. The van der Waals surface area contributed by atoms with Crippen LogP contribution in [0.1, 0.15) is 38.9 Å². The molecule has 2 aromatic carbocycles. The van der Waals surface area contributed by atoms with Gasteiger partial charge in [-0.25, -0.2) is 0 Å². The summed E-state index contributed by atoms with van der Waals surface area (Å²) in [4.78, 5) is 33.6. The number of aromatic nitrogens is 2. The fraction of sp³-hybridized carbons (Fsp3) is 0.233. The second-order valence-corrected chi connectivity index (χ2v) is 12.1. The van der Waals surface area contributed by atoms with Crippen molar-refractivity contribution in [1.82, 2.24) is 14.6 Å². The number of pyridine rings is 2. The van der Waals surface area contributed by atoms with E-state index in [0.717, 1.165) is 16.1 Å². The van der Waals surface area contributed by atoms with Crippen molar-refractivity contribution >= 4 is 25.3 Å². The van der Waals surface area contributed by atoms with Gasteiger partial charge in [0.1, 0.15) is 0 Å². The zero-order valence-electron chi connectivity index (χ0n) is 21.7. The second kappa shape index (κ2) is 10.4. The van der Waals surface area contributed by atoms with Crippen LogP contribution in [0.5, 0.6) is 5.75 Å². The number of carbonyl (C=O) groups excluding carboxylic acids is 1. The number of morpholine rings is 1. The number of hydrogen-bond acceptors (Lipinski definition) is 6. The van der Waals surface area contributed by atoms with E-state index in [2.05, 4.69) is 0 Å². The molecule has 208 valence electrons. The van der Waals surface area contributed by atoms with Crippen LogP contribution in [0, 0.1) is 11.6 Å². The first-order valence-corrected chi connectivity index (χ1v) is 15.2. The van der Waals surface area contributed by atoms with Gasteiger partial charge < -0.3 is 0 Å². The summed E-state index contributed by atoms with van der Waals surface area (Å²) in [6, 6.07) is 16.5. The Morgan fingerprint density at radius 1 is 1.05 bits per heavy atom. The number of halogens is 2. The number of rotatable bonds is 4. The standard InChI is InChI=1S/C30H24F2N4O4Se/c31-21-9-8-19-20(25(21)32)17-41-23-7-4-11-33-26(23)27(19)36-24-16-39-14-13-34(24)30(38)28-29(22(37)10-12-35(28)36)40-15-18-5-2-1-3-6-18/h1-12,24,27H,13-17H2/t24-,27-/m1/s1. The molecule has 41 heavy (non-hydrogen) atoms. The Bertz CT molecular complexity index is 1720. The van der Waals surface area contributed by atoms with Crippen molar-refractivity contribution < 1.29 is 23.0 Å². The third-order valence-corrected chi connectivity index (χ3v) is 9.89. The summed E-state index contributed by atoms with van der Waals surface area (Å²) in [5.41, 5.74) is 2.02. The summed E-state index contributed by atoms with van der Waals surface area (Å²) in [7, 11) is 0. The van der Waals surface area contributed by atoms with E-state index >= 15 is 4.39 Å². The van der Waals surface area contributed by atoms with Gasteiger partial charge in [0.05, 0.1) is 0 Å². The summed E-state index contributed by atoms with van der Waals surface area (Å²) in [6.45, 7) is 0.890. The van der Waals surface area contributed by atoms with Crippen molar-refractivity contribution in [2.45, 2.75) is 24.1 Å². The van der Waals surface area contributed by atoms with Gasteiger partial charge in [-0.15, -0.1) is 0 Å². The van der Waals surface area contributed by atoms with Crippen LogP contribution in [-0.2, 0) is 16.7 Å². The molecule has 2 aromatic heterocycles. The van der Waals surface area contributed by atoms with Crippen molar-refractivity contribution in [3.8, 4) is 5.75 Å². The quantitative estimate of drug-likeness (QED) is 0.326. The van der Waals surface area contributed by atoms with E-state index in [1.165, 1.54) is 12.3 Å². The van der Waals surface area contributed by atoms with E-state index in [4.69, 9.17) is 14.5 Å². The van der Waals surface area contributed by atoms with E-state index in [-0.39, 0.29) is 57.6 Å². The first-order chi connectivity index (χ1) is 20.0. The first-order valence-electron chi connectivity index (χ1n) is 13.2. The molecule has 4 aromatic rings. The average molecular weight is 622 g/mol. The van der Waals surface area contributed by atoms with Gasteiger partial charge in [0.15, 0.2) is 0 Å². The van der Waals surface area contributed by atoms with E-state index in [1.54, 1.807) is 21.8 Å². The first kappa shape index (κ1) is 25.9. The minimum absolute atomic E-state index is 0.0686. The van der Waals surface area contributed by atoms with Gasteiger partial charge in [0, 0.05) is 0 Å². The van der Waals surface area contributed by atoms with Gasteiger partial charge >= 0.3 is 235 Å². The molecule has 0 radical (unpaired) electrons. The summed E-state index contributed by atoms with van der Waals surface area (Å²) < 4.78 is 44.3. The molecule has 3 aliphatic heterocycles. The number of benzene rings is 2. The minimum atomic E-state index is -0.908. The van der Waals surface area contributed by atoms with Gasteiger partial charge in [-0.2, -0.15) is 0 Å². The Hall–Kier alpha value is -4.05. The Labute approximate surface area is 240 Å². The SMILES string of the molecule is O=C1c2c(OCc3ccccc3)c(=O)ccn2N([C@@H]2c3ccc(F)c(F)c3C[Se]c3cccnc32)[C@@H]2COCCN12. The zero-order chi connectivity index (χ0) is 28.1. The van der Waals surface area contributed by atoms with Crippen molar-refractivity contribution in [3.05, 3.63) is 123 Å². The summed E-state index contributed by atoms with van der Waals surface area (Å²) in [5.74, 6) is -2.21. The molecule has 1 amide bonds. The molecule has 0 saturated carbocycles. The normalized spacial score (nSPS) is 19.5. The van der Waals surface area contributed by atoms with Crippen molar-refractivity contribution in [3.63, 3.8) is 0 Å². The predicted octanol–water partition coefficient (Wildman–Crippen LogP) is 2.48. The molecule has 7 rings (SSSR count).